The van der Waals surface area contributed by atoms with Crippen LogP contribution in [0.5, 0.6) is 0 Å². The monoisotopic (exact) mass is 336 g/mol. The van der Waals surface area contributed by atoms with E-state index in [1.807, 2.05) is 36.5 Å². The highest BCUT2D eigenvalue weighted by atomic mass is 16.2. The fourth-order valence-corrected chi connectivity index (χ4v) is 2.67. The minimum absolute atomic E-state index is 0.0887. The van der Waals surface area contributed by atoms with Crippen LogP contribution in [0.1, 0.15) is 15.9 Å². The molecule has 3 rings (SSSR count). The molecule has 6 heteroatoms. The molecule has 0 unspecified atom stereocenters. The lowest BCUT2D eigenvalue weighted by atomic mass is 10.1. The Balaban J connectivity index is 1.63. The second-order valence-electron chi connectivity index (χ2n) is 5.71. The first kappa shape index (κ1) is 16.7. The molecular weight excluding hydrogens is 316 g/mol. The molecule has 0 fully saturated rings. The van der Waals surface area contributed by atoms with E-state index < -0.39 is 0 Å². The smallest absolute Gasteiger partial charge is 0.251 e. The Kier molecular flexibility index (Phi) is 5.11. The zero-order valence-corrected chi connectivity index (χ0v) is 13.7. The third-order valence-electron chi connectivity index (χ3n) is 3.91. The average Bonchev–Trinajstić information content (AvgIpc) is 3.03. The summed E-state index contributed by atoms with van der Waals surface area (Å²) in [6.45, 7) is 0.456. The molecule has 5 N–H and O–H groups in total. The van der Waals surface area contributed by atoms with Crippen LogP contribution in [-0.4, -0.2) is 29.9 Å². The lowest BCUT2D eigenvalue weighted by molar-refractivity contribution is -0.115. The maximum absolute atomic E-state index is 12.3. The van der Waals surface area contributed by atoms with Crippen LogP contribution in [0.3, 0.4) is 0 Å². The number of aromatic nitrogens is 1. The standard InChI is InChI=1S/C19H20N4O2/c20-9-8-14-11-21-17-7-6-13(10-16(14)17)19(25)22-12-18(24)23-15-4-2-1-3-5-15/h1-7,10-11,21H,8-9,12,20H2,(H,22,25)(H,23,24). The number of H-pyrrole nitrogens is 1. The highest BCUT2D eigenvalue weighted by molar-refractivity contribution is 6.01. The fourth-order valence-electron chi connectivity index (χ4n) is 2.67. The number of anilines is 1. The van der Waals surface area contributed by atoms with E-state index in [0.717, 1.165) is 22.9 Å². The normalized spacial score (nSPS) is 10.6. The Morgan fingerprint density at radius 1 is 1.08 bits per heavy atom. The molecule has 0 aliphatic heterocycles. The molecule has 0 aliphatic carbocycles. The minimum Gasteiger partial charge on any atom is -0.361 e. The van der Waals surface area contributed by atoms with Crippen molar-refractivity contribution in [3.63, 3.8) is 0 Å². The first-order chi connectivity index (χ1) is 12.2. The van der Waals surface area contributed by atoms with E-state index in [1.165, 1.54) is 0 Å². The van der Waals surface area contributed by atoms with Gasteiger partial charge in [-0.2, -0.15) is 0 Å². The SMILES string of the molecule is NCCc1c[nH]c2ccc(C(=O)NCC(=O)Nc3ccccc3)cc12. The topological polar surface area (TPSA) is 100 Å². The van der Waals surface area contributed by atoms with Crippen molar-refractivity contribution in [2.24, 2.45) is 5.73 Å². The van der Waals surface area contributed by atoms with Crippen LogP contribution in [0.25, 0.3) is 10.9 Å². The van der Waals surface area contributed by atoms with Gasteiger partial charge in [0.25, 0.3) is 5.91 Å². The van der Waals surface area contributed by atoms with Crippen LogP contribution in [0, 0.1) is 0 Å². The number of aromatic amines is 1. The number of nitrogens with two attached hydrogens (primary N) is 1. The minimum atomic E-state index is -0.287. The molecule has 1 heterocycles. The predicted octanol–water partition coefficient (Wildman–Crippen LogP) is 2.04. The Morgan fingerprint density at radius 2 is 1.88 bits per heavy atom. The van der Waals surface area contributed by atoms with Crippen molar-refractivity contribution >= 4 is 28.4 Å². The molecule has 1 aromatic heterocycles. The van der Waals surface area contributed by atoms with Crippen LogP contribution in [0.15, 0.2) is 54.7 Å². The van der Waals surface area contributed by atoms with Crippen LogP contribution >= 0.6 is 0 Å². The highest BCUT2D eigenvalue weighted by Gasteiger charge is 2.11. The largest absolute Gasteiger partial charge is 0.361 e. The number of hydrogen-bond donors (Lipinski definition) is 4. The molecule has 0 aliphatic rings. The Bertz CT molecular complexity index is 887. The summed E-state index contributed by atoms with van der Waals surface area (Å²) in [5.41, 5.74) is 8.86. The number of carbonyl (C=O) groups is 2. The van der Waals surface area contributed by atoms with Crippen molar-refractivity contribution in [1.29, 1.82) is 0 Å². The van der Waals surface area contributed by atoms with Crippen molar-refractivity contribution in [3.8, 4) is 0 Å². The Hall–Kier alpha value is -3.12. The summed E-state index contributed by atoms with van der Waals surface area (Å²) in [5.74, 6) is -0.559. The van der Waals surface area contributed by atoms with Gasteiger partial charge >= 0.3 is 0 Å². The summed E-state index contributed by atoms with van der Waals surface area (Å²) in [5, 5.41) is 6.35. The summed E-state index contributed by atoms with van der Waals surface area (Å²) in [6, 6.07) is 14.5. The summed E-state index contributed by atoms with van der Waals surface area (Å²) in [6.07, 6.45) is 2.65. The van der Waals surface area contributed by atoms with Crippen molar-refractivity contribution in [1.82, 2.24) is 10.3 Å². The first-order valence-electron chi connectivity index (χ1n) is 8.10. The van der Waals surface area contributed by atoms with Gasteiger partial charge in [0.15, 0.2) is 0 Å². The molecule has 0 atom stereocenters. The predicted molar refractivity (Wildman–Crippen MR) is 98.5 cm³/mol. The highest BCUT2D eigenvalue weighted by Crippen LogP contribution is 2.20. The lowest BCUT2D eigenvalue weighted by Gasteiger charge is -2.07. The molecule has 25 heavy (non-hydrogen) atoms. The molecule has 2 aromatic carbocycles. The van der Waals surface area contributed by atoms with Gasteiger partial charge in [0.05, 0.1) is 6.54 Å². The maximum Gasteiger partial charge on any atom is 0.251 e. The summed E-state index contributed by atoms with van der Waals surface area (Å²) >= 11 is 0. The maximum atomic E-state index is 12.3. The molecule has 3 aromatic rings. The second-order valence-corrected chi connectivity index (χ2v) is 5.71. The van der Waals surface area contributed by atoms with Gasteiger partial charge in [0.1, 0.15) is 0 Å². The molecule has 2 amide bonds. The van der Waals surface area contributed by atoms with E-state index in [9.17, 15) is 9.59 Å². The number of para-hydroxylation sites is 1. The van der Waals surface area contributed by atoms with Crippen LogP contribution in [-0.2, 0) is 11.2 Å². The van der Waals surface area contributed by atoms with Crippen LogP contribution in [0.4, 0.5) is 5.69 Å². The lowest BCUT2D eigenvalue weighted by Crippen LogP contribution is -2.32. The van der Waals surface area contributed by atoms with Gasteiger partial charge < -0.3 is 21.4 Å². The van der Waals surface area contributed by atoms with Crippen LogP contribution < -0.4 is 16.4 Å². The van der Waals surface area contributed by atoms with E-state index in [4.69, 9.17) is 5.73 Å². The number of benzene rings is 2. The van der Waals surface area contributed by atoms with Gasteiger partial charge in [-0.15, -0.1) is 0 Å². The average molecular weight is 336 g/mol. The number of amides is 2. The molecule has 0 spiro atoms. The second kappa shape index (κ2) is 7.63. The van der Waals surface area contributed by atoms with Gasteiger partial charge in [-0.25, -0.2) is 0 Å². The van der Waals surface area contributed by atoms with E-state index in [0.29, 0.717) is 17.8 Å². The summed E-state index contributed by atoms with van der Waals surface area (Å²) in [4.78, 5) is 27.4. The molecular formula is C19H20N4O2. The number of hydrogen-bond acceptors (Lipinski definition) is 3. The summed E-state index contributed by atoms with van der Waals surface area (Å²) < 4.78 is 0. The third-order valence-corrected chi connectivity index (χ3v) is 3.91. The number of nitrogens with one attached hydrogen (secondary N) is 3. The van der Waals surface area contributed by atoms with Gasteiger partial charge in [0, 0.05) is 28.4 Å². The van der Waals surface area contributed by atoms with Gasteiger partial charge in [-0.3, -0.25) is 9.59 Å². The van der Waals surface area contributed by atoms with Gasteiger partial charge in [-0.05, 0) is 48.9 Å². The van der Waals surface area contributed by atoms with E-state index >= 15 is 0 Å². The van der Waals surface area contributed by atoms with Crippen LogP contribution in [0.2, 0.25) is 0 Å². The van der Waals surface area contributed by atoms with Gasteiger partial charge in [0.2, 0.25) is 5.91 Å². The van der Waals surface area contributed by atoms with Crippen molar-refractivity contribution in [3.05, 3.63) is 65.9 Å². The van der Waals surface area contributed by atoms with E-state index in [-0.39, 0.29) is 18.4 Å². The van der Waals surface area contributed by atoms with Crippen molar-refractivity contribution < 1.29 is 9.59 Å². The first-order valence-corrected chi connectivity index (χ1v) is 8.10. The molecule has 6 nitrogen and oxygen atoms in total. The van der Waals surface area contributed by atoms with E-state index in [1.54, 1.807) is 18.2 Å². The summed E-state index contributed by atoms with van der Waals surface area (Å²) in [7, 11) is 0. The molecule has 0 saturated heterocycles. The zero-order chi connectivity index (χ0) is 17.6. The number of carbonyl (C=O) groups excluding carboxylic acids is 2. The third kappa shape index (κ3) is 4.05. The molecule has 0 saturated carbocycles. The quantitative estimate of drug-likeness (QED) is 0.554. The Labute approximate surface area is 145 Å². The molecule has 0 radical (unpaired) electrons. The zero-order valence-electron chi connectivity index (χ0n) is 13.7. The number of rotatable bonds is 6. The fraction of sp³-hybridized carbons (Fsp3) is 0.158. The molecule has 0 bridgehead atoms. The Morgan fingerprint density at radius 3 is 2.64 bits per heavy atom. The van der Waals surface area contributed by atoms with Gasteiger partial charge in [-0.1, -0.05) is 18.2 Å². The number of fused-ring (bicyclic) bond motifs is 1. The molecule has 128 valence electrons. The van der Waals surface area contributed by atoms with Crippen molar-refractivity contribution in [2.45, 2.75) is 6.42 Å². The van der Waals surface area contributed by atoms with E-state index in [2.05, 4.69) is 15.6 Å². The van der Waals surface area contributed by atoms with Crippen molar-refractivity contribution in [2.75, 3.05) is 18.4 Å².